The van der Waals surface area contributed by atoms with E-state index in [4.69, 9.17) is 23.2 Å². The Kier molecular flexibility index (Phi) is 6.42. The van der Waals surface area contributed by atoms with Crippen molar-refractivity contribution in [2.75, 3.05) is 20.1 Å². The lowest BCUT2D eigenvalue weighted by molar-refractivity contribution is 0.0713. The Morgan fingerprint density at radius 3 is 2.64 bits per heavy atom. The predicted octanol–water partition coefficient (Wildman–Crippen LogP) is 5.89. The van der Waals surface area contributed by atoms with E-state index < -0.39 is 0 Å². The van der Waals surface area contributed by atoms with E-state index in [1.807, 2.05) is 24.1 Å². The van der Waals surface area contributed by atoms with E-state index in [-0.39, 0.29) is 11.9 Å². The maximum Gasteiger partial charge on any atom is 0.272 e. The van der Waals surface area contributed by atoms with Gasteiger partial charge >= 0.3 is 0 Å². The molecule has 1 aliphatic heterocycles. The zero-order valence-corrected chi connectivity index (χ0v) is 20.2. The summed E-state index contributed by atoms with van der Waals surface area (Å²) in [6.45, 7) is 3.49. The first-order valence-electron chi connectivity index (χ1n) is 11.5. The summed E-state index contributed by atoms with van der Waals surface area (Å²) in [5, 5.41) is 1.15. The number of aromatic nitrogens is 1. The maximum absolute atomic E-state index is 13.1. The summed E-state index contributed by atoms with van der Waals surface area (Å²) >= 11 is 12.3. The van der Waals surface area contributed by atoms with Gasteiger partial charge in [0, 0.05) is 47.0 Å². The number of aryl methyl sites for hydroxylation is 1. The number of pyridine rings is 1. The number of halogens is 2. The number of benzene rings is 2. The number of amides is 1. The molecule has 1 amide bonds. The van der Waals surface area contributed by atoms with Crippen molar-refractivity contribution in [2.24, 2.45) is 0 Å². The molecule has 0 N–H and O–H groups in total. The highest BCUT2D eigenvalue weighted by Crippen LogP contribution is 2.30. The summed E-state index contributed by atoms with van der Waals surface area (Å²) in [5.74, 6) is -0.0494. The van der Waals surface area contributed by atoms with Gasteiger partial charge in [0.05, 0.1) is 0 Å². The average Bonchev–Trinajstić information content (AvgIpc) is 2.80. The standard InChI is InChI=1S/C27H27Cl2N3O/c1-31(23-8-5-19-13-18(3-4-20(19)14-23)17-32-11-2-12-32)27(33)26-10-6-21(16-30-26)24-9-7-22(28)15-25(24)29/h3-4,6-7,9-10,13,15-16,23H,2,5,8,11-12,14,17H2,1H3. The van der Waals surface area contributed by atoms with Crippen molar-refractivity contribution in [3.05, 3.63) is 87.2 Å². The van der Waals surface area contributed by atoms with Crippen LogP contribution in [-0.2, 0) is 19.4 Å². The van der Waals surface area contributed by atoms with Gasteiger partial charge in [0.25, 0.3) is 5.91 Å². The minimum absolute atomic E-state index is 0.0494. The molecule has 170 valence electrons. The van der Waals surface area contributed by atoms with Gasteiger partial charge in [-0.1, -0.05) is 53.5 Å². The lowest BCUT2D eigenvalue weighted by Gasteiger charge is -2.33. The van der Waals surface area contributed by atoms with Crippen LogP contribution in [0.5, 0.6) is 0 Å². The molecule has 2 aliphatic rings. The fourth-order valence-electron chi connectivity index (χ4n) is 4.77. The maximum atomic E-state index is 13.1. The third kappa shape index (κ3) is 4.79. The quantitative estimate of drug-likeness (QED) is 0.457. The normalized spacial score (nSPS) is 17.8. The molecular formula is C27H27Cl2N3O. The number of nitrogens with zero attached hydrogens (tertiary/aromatic N) is 3. The number of fused-ring (bicyclic) bond motifs is 1. The molecule has 4 nitrogen and oxygen atoms in total. The molecule has 1 aliphatic carbocycles. The molecular weight excluding hydrogens is 453 g/mol. The highest BCUT2D eigenvalue weighted by atomic mass is 35.5. The van der Waals surface area contributed by atoms with Crippen molar-refractivity contribution < 1.29 is 4.79 Å². The van der Waals surface area contributed by atoms with E-state index in [9.17, 15) is 4.79 Å². The summed E-state index contributed by atoms with van der Waals surface area (Å²) in [7, 11) is 1.89. The SMILES string of the molecule is CN(C(=O)c1ccc(-c2ccc(Cl)cc2Cl)cn1)C1CCc2cc(CN3CCC3)ccc2C1. The fourth-order valence-corrected chi connectivity index (χ4v) is 5.28. The van der Waals surface area contributed by atoms with Gasteiger partial charge in [0.1, 0.15) is 5.69 Å². The zero-order chi connectivity index (χ0) is 22.9. The van der Waals surface area contributed by atoms with Crippen LogP contribution >= 0.6 is 23.2 Å². The second-order valence-electron chi connectivity index (χ2n) is 9.10. The monoisotopic (exact) mass is 479 g/mol. The van der Waals surface area contributed by atoms with Crippen molar-refractivity contribution in [2.45, 2.75) is 38.3 Å². The summed E-state index contributed by atoms with van der Waals surface area (Å²) in [4.78, 5) is 21.9. The number of hydrogen-bond donors (Lipinski definition) is 0. The minimum Gasteiger partial charge on any atom is -0.337 e. The van der Waals surface area contributed by atoms with E-state index in [1.165, 1.54) is 36.2 Å². The van der Waals surface area contributed by atoms with Gasteiger partial charge in [-0.15, -0.1) is 0 Å². The third-order valence-corrected chi connectivity index (χ3v) is 7.47. The van der Waals surface area contributed by atoms with E-state index >= 15 is 0 Å². The number of rotatable bonds is 5. The fraction of sp³-hybridized carbons (Fsp3) is 0.333. The highest BCUT2D eigenvalue weighted by Gasteiger charge is 2.27. The first-order valence-corrected chi connectivity index (χ1v) is 12.3. The summed E-state index contributed by atoms with van der Waals surface area (Å²) < 4.78 is 0. The van der Waals surface area contributed by atoms with Crippen LogP contribution < -0.4 is 0 Å². The van der Waals surface area contributed by atoms with Gasteiger partial charge in [-0.25, -0.2) is 0 Å². The number of carbonyl (C=O) groups is 1. The van der Waals surface area contributed by atoms with Crippen molar-refractivity contribution in [3.63, 3.8) is 0 Å². The highest BCUT2D eigenvalue weighted by molar-refractivity contribution is 6.36. The Morgan fingerprint density at radius 2 is 1.94 bits per heavy atom. The molecule has 0 spiro atoms. The van der Waals surface area contributed by atoms with Gasteiger partial charge < -0.3 is 4.90 Å². The Balaban J connectivity index is 1.26. The van der Waals surface area contributed by atoms with Gasteiger partial charge in [-0.2, -0.15) is 0 Å². The van der Waals surface area contributed by atoms with Crippen LogP contribution in [0, 0.1) is 0 Å². The Bertz CT molecular complexity index is 1170. The molecule has 3 aromatic rings. The number of likely N-dealkylation sites (N-methyl/N-ethyl adjacent to an activating group) is 1. The molecule has 1 aromatic heterocycles. The van der Waals surface area contributed by atoms with E-state index in [2.05, 4.69) is 28.1 Å². The molecule has 2 aromatic carbocycles. The molecule has 1 fully saturated rings. The van der Waals surface area contributed by atoms with Crippen LogP contribution in [0.25, 0.3) is 11.1 Å². The lowest BCUT2D eigenvalue weighted by atomic mass is 9.86. The van der Waals surface area contributed by atoms with E-state index in [0.717, 1.165) is 36.9 Å². The molecule has 6 heteroatoms. The molecule has 1 saturated heterocycles. The summed E-state index contributed by atoms with van der Waals surface area (Å²) in [5.41, 5.74) is 6.35. The van der Waals surface area contributed by atoms with Gasteiger partial charge in [0.2, 0.25) is 0 Å². The number of carbonyl (C=O) groups excluding carboxylic acids is 1. The molecule has 0 radical (unpaired) electrons. The molecule has 0 bridgehead atoms. The first kappa shape index (κ1) is 22.4. The largest absolute Gasteiger partial charge is 0.337 e. The Labute approximate surface area is 205 Å². The predicted molar refractivity (Wildman–Crippen MR) is 134 cm³/mol. The third-order valence-electron chi connectivity index (χ3n) is 6.92. The lowest BCUT2D eigenvalue weighted by Crippen LogP contribution is -2.41. The van der Waals surface area contributed by atoms with Crippen LogP contribution in [0.3, 0.4) is 0 Å². The van der Waals surface area contributed by atoms with Gasteiger partial charge in [0.15, 0.2) is 0 Å². The van der Waals surface area contributed by atoms with Crippen LogP contribution in [0.4, 0.5) is 0 Å². The second-order valence-corrected chi connectivity index (χ2v) is 9.95. The number of likely N-dealkylation sites (tertiary alicyclic amines) is 1. The topological polar surface area (TPSA) is 36.4 Å². The Morgan fingerprint density at radius 1 is 1.09 bits per heavy atom. The molecule has 2 heterocycles. The molecule has 1 unspecified atom stereocenters. The molecule has 0 saturated carbocycles. The average molecular weight is 480 g/mol. The van der Waals surface area contributed by atoms with Crippen LogP contribution in [-0.4, -0.2) is 46.9 Å². The number of hydrogen-bond acceptors (Lipinski definition) is 3. The van der Waals surface area contributed by atoms with Crippen molar-refractivity contribution >= 4 is 29.1 Å². The summed E-state index contributed by atoms with van der Waals surface area (Å²) in [6.07, 6.45) is 5.89. The van der Waals surface area contributed by atoms with Crippen molar-refractivity contribution in [1.82, 2.24) is 14.8 Å². The zero-order valence-electron chi connectivity index (χ0n) is 18.7. The van der Waals surface area contributed by atoms with Crippen LogP contribution in [0.1, 0.15) is 40.0 Å². The molecule has 1 atom stereocenters. The smallest absolute Gasteiger partial charge is 0.272 e. The van der Waals surface area contributed by atoms with Crippen LogP contribution in [0.2, 0.25) is 10.0 Å². The molecule has 33 heavy (non-hydrogen) atoms. The van der Waals surface area contributed by atoms with Gasteiger partial charge in [-0.3, -0.25) is 14.7 Å². The summed E-state index contributed by atoms with van der Waals surface area (Å²) in [6, 6.07) is 16.1. The first-order chi connectivity index (χ1) is 16.0. The van der Waals surface area contributed by atoms with Crippen molar-refractivity contribution in [1.29, 1.82) is 0 Å². The second kappa shape index (κ2) is 9.46. The Hall–Kier alpha value is -2.40. The minimum atomic E-state index is -0.0494. The molecule has 5 rings (SSSR count). The van der Waals surface area contributed by atoms with E-state index in [0.29, 0.717) is 15.7 Å². The van der Waals surface area contributed by atoms with E-state index in [1.54, 1.807) is 24.4 Å². The van der Waals surface area contributed by atoms with Gasteiger partial charge in [-0.05, 0) is 73.7 Å². The van der Waals surface area contributed by atoms with Crippen molar-refractivity contribution in [3.8, 4) is 11.1 Å². The van der Waals surface area contributed by atoms with Crippen LogP contribution in [0.15, 0.2) is 54.7 Å².